The van der Waals surface area contributed by atoms with Crippen LogP contribution in [0, 0.1) is 11.3 Å². The van der Waals surface area contributed by atoms with Crippen molar-refractivity contribution < 1.29 is 23.9 Å². The third-order valence-corrected chi connectivity index (χ3v) is 4.79. The Morgan fingerprint density at radius 3 is 2.73 bits per heavy atom. The largest absolute Gasteiger partial charge is 0.495 e. The molecule has 8 nitrogen and oxygen atoms in total. The Labute approximate surface area is 177 Å². The number of nitrogens with zero attached hydrogens (tertiary/aromatic N) is 1. The van der Waals surface area contributed by atoms with Crippen LogP contribution in [0.5, 0.6) is 5.75 Å². The molecule has 0 aliphatic carbocycles. The molecular formula is C21H18ClN3O5. The molecule has 154 valence electrons. The summed E-state index contributed by atoms with van der Waals surface area (Å²) >= 11 is 6.10. The van der Waals surface area contributed by atoms with Gasteiger partial charge in [-0.25, -0.2) is 0 Å². The van der Waals surface area contributed by atoms with Crippen LogP contribution in [-0.4, -0.2) is 31.0 Å². The van der Waals surface area contributed by atoms with Gasteiger partial charge >= 0.3 is 5.97 Å². The van der Waals surface area contributed by atoms with Gasteiger partial charge in [0.15, 0.2) is 6.10 Å². The monoisotopic (exact) mass is 427 g/mol. The lowest BCUT2D eigenvalue weighted by Crippen LogP contribution is -2.30. The van der Waals surface area contributed by atoms with E-state index in [2.05, 4.69) is 10.6 Å². The number of esters is 1. The number of nitrogens with one attached hydrogen (secondary N) is 2. The first kappa shape index (κ1) is 21.1. The van der Waals surface area contributed by atoms with E-state index in [4.69, 9.17) is 26.3 Å². The molecule has 1 aliphatic rings. The molecule has 0 saturated carbocycles. The molecule has 0 unspecified atom stereocenters. The van der Waals surface area contributed by atoms with Crippen LogP contribution in [-0.2, 0) is 20.9 Å². The van der Waals surface area contributed by atoms with Crippen LogP contribution in [0.4, 0.5) is 5.69 Å². The third-order valence-electron chi connectivity index (χ3n) is 4.50. The van der Waals surface area contributed by atoms with E-state index in [1.165, 1.54) is 25.3 Å². The Hall–Kier alpha value is -3.57. The summed E-state index contributed by atoms with van der Waals surface area (Å²) in [6.45, 7) is 0.174. The Morgan fingerprint density at radius 1 is 1.30 bits per heavy atom. The van der Waals surface area contributed by atoms with E-state index in [0.29, 0.717) is 10.8 Å². The Morgan fingerprint density at radius 2 is 2.10 bits per heavy atom. The van der Waals surface area contributed by atoms with Gasteiger partial charge in [0.05, 0.1) is 35.0 Å². The number of benzene rings is 2. The number of carbonyl (C=O) groups is 3. The van der Waals surface area contributed by atoms with Gasteiger partial charge in [0.25, 0.3) is 11.8 Å². The fourth-order valence-corrected chi connectivity index (χ4v) is 3.21. The summed E-state index contributed by atoms with van der Waals surface area (Å²) in [7, 11) is 1.51. The van der Waals surface area contributed by atoms with Gasteiger partial charge in [-0.3, -0.25) is 14.4 Å². The first-order valence-corrected chi connectivity index (χ1v) is 9.44. The minimum Gasteiger partial charge on any atom is -0.495 e. The van der Waals surface area contributed by atoms with Gasteiger partial charge in [0.2, 0.25) is 0 Å². The first-order valence-electron chi connectivity index (χ1n) is 9.06. The number of hydrogen-bond donors (Lipinski definition) is 2. The molecule has 3 rings (SSSR count). The maximum Gasteiger partial charge on any atom is 0.306 e. The molecule has 1 aliphatic heterocycles. The Balaban J connectivity index is 1.75. The molecule has 1 heterocycles. The molecule has 1 saturated heterocycles. The van der Waals surface area contributed by atoms with Crippen molar-refractivity contribution in [3.05, 3.63) is 58.1 Å². The van der Waals surface area contributed by atoms with Crippen LogP contribution in [0.3, 0.4) is 0 Å². The first-order chi connectivity index (χ1) is 14.4. The SMILES string of the molecule is COc1ccc(CNC(=O)c2cc(C#N)ccc2NC(=O)[C@H]2CCC(=O)O2)cc1Cl. The van der Waals surface area contributed by atoms with Crippen molar-refractivity contribution in [2.24, 2.45) is 0 Å². The van der Waals surface area contributed by atoms with Crippen LogP contribution < -0.4 is 15.4 Å². The fourth-order valence-electron chi connectivity index (χ4n) is 2.93. The number of hydrogen-bond acceptors (Lipinski definition) is 6. The normalized spacial score (nSPS) is 15.1. The second-order valence-corrected chi connectivity index (χ2v) is 6.94. The minimum atomic E-state index is -0.898. The van der Waals surface area contributed by atoms with Crippen LogP contribution in [0.25, 0.3) is 0 Å². The molecule has 30 heavy (non-hydrogen) atoms. The van der Waals surface area contributed by atoms with E-state index in [9.17, 15) is 14.4 Å². The standard InChI is InChI=1S/C21H18ClN3O5/c1-29-17-5-3-13(9-15(17)22)11-24-20(27)14-8-12(10-23)2-4-16(14)25-21(28)18-6-7-19(26)30-18/h2-5,8-9,18H,6-7,11H2,1H3,(H,24,27)(H,25,28)/t18-/m1/s1. The molecule has 1 fully saturated rings. The summed E-state index contributed by atoms with van der Waals surface area (Å²) in [6.07, 6.45) is -0.449. The maximum absolute atomic E-state index is 12.8. The minimum absolute atomic E-state index is 0.117. The van der Waals surface area contributed by atoms with Crippen molar-refractivity contribution in [1.82, 2.24) is 5.32 Å². The van der Waals surface area contributed by atoms with Crippen LogP contribution >= 0.6 is 11.6 Å². The Kier molecular flexibility index (Phi) is 6.54. The summed E-state index contributed by atoms with van der Waals surface area (Å²) in [5.74, 6) is -0.934. The predicted molar refractivity (Wildman–Crippen MR) is 108 cm³/mol. The highest BCUT2D eigenvalue weighted by Gasteiger charge is 2.30. The van der Waals surface area contributed by atoms with E-state index in [1.807, 2.05) is 6.07 Å². The summed E-state index contributed by atoms with van der Waals surface area (Å²) in [6, 6.07) is 11.4. The fraction of sp³-hybridized carbons (Fsp3) is 0.238. The highest BCUT2D eigenvalue weighted by molar-refractivity contribution is 6.32. The smallest absolute Gasteiger partial charge is 0.306 e. The van der Waals surface area contributed by atoms with Gasteiger partial charge in [-0.05, 0) is 35.9 Å². The molecule has 0 bridgehead atoms. The lowest BCUT2D eigenvalue weighted by Gasteiger charge is -2.14. The lowest BCUT2D eigenvalue weighted by atomic mass is 10.1. The van der Waals surface area contributed by atoms with E-state index >= 15 is 0 Å². The molecule has 2 N–H and O–H groups in total. The average molecular weight is 428 g/mol. The quantitative estimate of drug-likeness (QED) is 0.684. The number of amides is 2. The van der Waals surface area contributed by atoms with Crippen molar-refractivity contribution in [1.29, 1.82) is 5.26 Å². The molecule has 0 aromatic heterocycles. The number of anilines is 1. The van der Waals surface area contributed by atoms with Gasteiger partial charge < -0.3 is 20.1 Å². The average Bonchev–Trinajstić information content (AvgIpc) is 3.19. The van der Waals surface area contributed by atoms with Crippen molar-refractivity contribution in [2.45, 2.75) is 25.5 Å². The van der Waals surface area contributed by atoms with Gasteiger partial charge in [0, 0.05) is 19.4 Å². The molecule has 0 radical (unpaired) electrons. The van der Waals surface area contributed by atoms with Gasteiger partial charge in [-0.2, -0.15) is 5.26 Å². The molecule has 2 aromatic rings. The highest BCUT2D eigenvalue weighted by atomic mass is 35.5. The zero-order valence-corrected chi connectivity index (χ0v) is 16.8. The second kappa shape index (κ2) is 9.29. The summed E-state index contributed by atoms with van der Waals surface area (Å²) in [5.41, 5.74) is 1.34. The molecule has 2 amide bonds. The van der Waals surface area contributed by atoms with Crippen LogP contribution in [0.15, 0.2) is 36.4 Å². The number of methoxy groups -OCH3 is 1. The van der Waals surface area contributed by atoms with Crippen molar-refractivity contribution >= 4 is 35.1 Å². The Bertz CT molecular complexity index is 1050. The number of cyclic esters (lactones) is 1. The zero-order chi connectivity index (χ0) is 21.7. The van der Waals surface area contributed by atoms with Crippen molar-refractivity contribution in [3.8, 4) is 11.8 Å². The number of halogens is 1. The molecular weight excluding hydrogens is 410 g/mol. The summed E-state index contributed by atoms with van der Waals surface area (Å²) in [5, 5.41) is 14.9. The molecule has 0 spiro atoms. The maximum atomic E-state index is 12.8. The van der Waals surface area contributed by atoms with Crippen molar-refractivity contribution in [3.63, 3.8) is 0 Å². The van der Waals surface area contributed by atoms with E-state index < -0.39 is 23.9 Å². The van der Waals surface area contributed by atoms with Crippen LogP contribution in [0.2, 0.25) is 5.02 Å². The number of ether oxygens (including phenoxy) is 2. The second-order valence-electron chi connectivity index (χ2n) is 6.53. The van der Waals surface area contributed by atoms with Gasteiger partial charge in [-0.15, -0.1) is 0 Å². The van der Waals surface area contributed by atoms with E-state index in [0.717, 1.165) is 5.56 Å². The third kappa shape index (κ3) is 4.88. The van der Waals surface area contributed by atoms with Crippen LogP contribution in [0.1, 0.15) is 34.3 Å². The summed E-state index contributed by atoms with van der Waals surface area (Å²) in [4.78, 5) is 36.3. The number of carbonyl (C=O) groups excluding carboxylic acids is 3. The predicted octanol–water partition coefficient (Wildman–Crippen LogP) is 2.79. The number of nitriles is 1. The van der Waals surface area contributed by atoms with E-state index in [1.54, 1.807) is 18.2 Å². The summed E-state index contributed by atoms with van der Waals surface area (Å²) < 4.78 is 10.0. The topological polar surface area (TPSA) is 118 Å². The number of rotatable bonds is 6. The van der Waals surface area contributed by atoms with Crippen molar-refractivity contribution in [2.75, 3.05) is 12.4 Å². The molecule has 2 aromatic carbocycles. The van der Waals surface area contributed by atoms with Gasteiger partial charge in [-0.1, -0.05) is 17.7 Å². The zero-order valence-electron chi connectivity index (χ0n) is 16.0. The van der Waals surface area contributed by atoms with E-state index in [-0.39, 0.29) is 36.2 Å². The molecule has 1 atom stereocenters. The highest BCUT2D eigenvalue weighted by Crippen LogP contribution is 2.25. The lowest BCUT2D eigenvalue weighted by molar-refractivity contribution is -0.146. The van der Waals surface area contributed by atoms with Gasteiger partial charge in [0.1, 0.15) is 5.75 Å². The molecule has 9 heteroatoms.